The van der Waals surface area contributed by atoms with Crippen molar-refractivity contribution in [3.63, 3.8) is 0 Å². The lowest BCUT2D eigenvalue weighted by molar-refractivity contribution is 0.0950. The zero-order valence-corrected chi connectivity index (χ0v) is 12.3. The average Bonchev–Trinajstić information content (AvgIpc) is 2.72. The number of benzene rings is 1. The summed E-state index contributed by atoms with van der Waals surface area (Å²) in [5.74, 6) is -0.0133. The van der Waals surface area contributed by atoms with Gasteiger partial charge in [-0.1, -0.05) is 12.1 Å². The molecule has 0 aliphatic rings. The molecule has 0 unspecified atom stereocenters. The summed E-state index contributed by atoms with van der Waals surface area (Å²) in [6, 6.07) is 7.59. The Hall–Kier alpha value is -0.880. The van der Waals surface area contributed by atoms with E-state index in [1.165, 1.54) is 11.1 Å². The maximum Gasteiger partial charge on any atom is 0.252 e. The molecule has 0 atom stereocenters. The number of rotatable bonds is 3. The minimum atomic E-state index is -0.0133. The van der Waals surface area contributed by atoms with Crippen molar-refractivity contribution in [2.24, 2.45) is 0 Å². The Balaban J connectivity index is 2.04. The first-order valence-electron chi connectivity index (χ1n) is 5.23. The molecule has 0 saturated carbocycles. The highest BCUT2D eigenvalue weighted by Gasteiger charge is 2.09. The molecule has 2 aromatic rings. The van der Waals surface area contributed by atoms with Crippen molar-refractivity contribution < 1.29 is 4.79 Å². The molecule has 0 fully saturated rings. The van der Waals surface area contributed by atoms with Crippen LogP contribution in [0.25, 0.3) is 0 Å². The van der Waals surface area contributed by atoms with Crippen LogP contribution in [-0.4, -0.2) is 5.91 Å². The van der Waals surface area contributed by atoms with Crippen LogP contribution in [0.15, 0.2) is 35.0 Å². The lowest BCUT2D eigenvalue weighted by atomic mass is 10.2. The maximum atomic E-state index is 12.0. The van der Waals surface area contributed by atoms with Crippen molar-refractivity contribution in [3.05, 3.63) is 55.3 Å². The van der Waals surface area contributed by atoms with Gasteiger partial charge in [-0.25, -0.2) is 0 Å². The molecule has 1 heterocycles. The molecule has 0 aliphatic heterocycles. The second-order valence-corrected chi connectivity index (χ2v) is 5.65. The first-order valence-corrected chi connectivity index (χ1v) is 7.25. The number of amides is 1. The highest BCUT2D eigenvalue weighted by atomic mass is 127. The summed E-state index contributed by atoms with van der Waals surface area (Å²) >= 11 is 3.84. The molecule has 0 aliphatic carbocycles. The van der Waals surface area contributed by atoms with Crippen LogP contribution in [0.1, 0.15) is 21.5 Å². The Bertz CT molecular complexity index is 536. The first-order chi connectivity index (χ1) is 8.18. The molecule has 1 N–H and O–H groups in total. The van der Waals surface area contributed by atoms with E-state index in [1.807, 2.05) is 24.3 Å². The maximum absolute atomic E-state index is 12.0. The van der Waals surface area contributed by atoms with E-state index in [2.05, 4.69) is 45.6 Å². The predicted molar refractivity (Wildman–Crippen MR) is 79.4 cm³/mol. The zero-order chi connectivity index (χ0) is 12.3. The normalized spacial score (nSPS) is 10.2. The number of hydrogen-bond donors (Lipinski definition) is 1. The van der Waals surface area contributed by atoms with E-state index < -0.39 is 0 Å². The van der Waals surface area contributed by atoms with E-state index in [0.29, 0.717) is 6.54 Å². The van der Waals surface area contributed by atoms with E-state index in [1.54, 1.807) is 11.3 Å². The Morgan fingerprint density at radius 2 is 2.12 bits per heavy atom. The number of halogens is 1. The van der Waals surface area contributed by atoms with Crippen molar-refractivity contribution in [2.75, 3.05) is 0 Å². The van der Waals surface area contributed by atoms with E-state index in [9.17, 15) is 4.79 Å². The summed E-state index contributed by atoms with van der Waals surface area (Å²) in [6.07, 6.45) is 0. The Kier molecular flexibility index (Phi) is 4.17. The second kappa shape index (κ2) is 5.64. The van der Waals surface area contributed by atoms with Gasteiger partial charge in [0, 0.05) is 10.1 Å². The van der Waals surface area contributed by atoms with Crippen LogP contribution in [0.5, 0.6) is 0 Å². The minimum absolute atomic E-state index is 0.0133. The fourth-order valence-corrected chi connectivity index (χ4v) is 2.97. The van der Waals surface area contributed by atoms with Crippen LogP contribution in [0, 0.1) is 10.5 Å². The largest absolute Gasteiger partial charge is 0.348 e. The summed E-state index contributed by atoms with van der Waals surface area (Å²) in [5.41, 5.74) is 3.16. The molecule has 17 heavy (non-hydrogen) atoms. The monoisotopic (exact) mass is 357 g/mol. The lowest BCUT2D eigenvalue weighted by Gasteiger charge is -2.06. The van der Waals surface area contributed by atoms with Gasteiger partial charge in [0.1, 0.15) is 0 Å². The quantitative estimate of drug-likeness (QED) is 0.836. The third-order valence-corrected chi connectivity index (χ3v) is 4.37. The topological polar surface area (TPSA) is 29.1 Å². The number of aryl methyl sites for hydroxylation is 1. The lowest BCUT2D eigenvalue weighted by Crippen LogP contribution is -2.23. The molecule has 0 saturated heterocycles. The second-order valence-electron chi connectivity index (χ2n) is 3.74. The number of hydrogen-bond acceptors (Lipinski definition) is 2. The minimum Gasteiger partial charge on any atom is -0.348 e. The molecule has 2 nitrogen and oxygen atoms in total. The molecule has 2 rings (SSSR count). The van der Waals surface area contributed by atoms with Crippen molar-refractivity contribution in [1.82, 2.24) is 5.32 Å². The van der Waals surface area contributed by atoms with Crippen molar-refractivity contribution >= 4 is 39.8 Å². The standard InChI is InChI=1S/C13H12INOS/c1-9-7-17-8-10(9)6-15-13(16)11-4-2-3-5-12(11)14/h2-5,7-8H,6H2,1H3,(H,15,16). The Labute approximate surface area is 118 Å². The molecule has 4 heteroatoms. The van der Waals surface area contributed by atoms with E-state index in [4.69, 9.17) is 0 Å². The molecule has 1 aromatic heterocycles. The number of thiophene rings is 1. The SMILES string of the molecule is Cc1cscc1CNC(=O)c1ccccc1I. The molecule has 0 spiro atoms. The highest BCUT2D eigenvalue weighted by molar-refractivity contribution is 14.1. The highest BCUT2D eigenvalue weighted by Crippen LogP contribution is 2.14. The molecular weight excluding hydrogens is 345 g/mol. The summed E-state index contributed by atoms with van der Waals surface area (Å²) < 4.78 is 0.977. The summed E-state index contributed by atoms with van der Waals surface area (Å²) in [5, 5.41) is 7.11. The van der Waals surface area contributed by atoms with Gasteiger partial charge < -0.3 is 5.32 Å². The van der Waals surface area contributed by atoms with Gasteiger partial charge in [-0.05, 0) is 63.5 Å². The fourth-order valence-electron chi connectivity index (χ4n) is 1.48. The molecular formula is C13H12INOS. The van der Waals surface area contributed by atoms with Crippen molar-refractivity contribution in [1.29, 1.82) is 0 Å². The summed E-state index contributed by atoms with van der Waals surface area (Å²) in [6.45, 7) is 2.66. The van der Waals surface area contributed by atoms with Crippen LogP contribution in [0.3, 0.4) is 0 Å². The van der Waals surface area contributed by atoms with Gasteiger partial charge in [-0.3, -0.25) is 4.79 Å². The average molecular weight is 357 g/mol. The first kappa shape index (κ1) is 12.6. The van der Waals surface area contributed by atoms with Gasteiger partial charge in [0.25, 0.3) is 5.91 Å². The molecule has 88 valence electrons. The van der Waals surface area contributed by atoms with Gasteiger partial charge in [0.05, 0.1) is 5.56 Å². The van der Waals surface area contributed by atoms with Gasteiger partial charge in [-0.15, -0.1) is 0 Å². The molecule has 1 aromatic carbocycles. The molecule has 0 bridgehead atoms. The van der Waals surface area contributed by atoms with Gasteiger partial charge in [-0.2, -0.15) is 11.3 Å². The van der Waals surface area contributed by atoms with Crippen LogP contribution < -0.4 is 5.32 Å². The third-order valence-electron chi connectivity index (χ3n) is 2.52. The van der Waals surface area contributed by atoms with E-state index in [-0.39, 0.29) is 5.91 Å². The Morgan fingerprint density at radius 1 is 1.35 bits per heavy atom. The van der Waals surface area contributed by atoms with Crippen molar-refractivity contribution in [3.8, 4) is 0 Å². The summed E-state index contributed by atoms with van der Waals surface area (Å²) in [4.78, 5) is 12.0. The van der Waals surface area contributed by atoms with Crippen LogP contribution in [0.4, 0.5) is 0 Å². The van der Waals surface area contributed by atoms with Crippen LogP contribution >= 0.6 is 33.9 Å². The van der Waals surface area contributed by atoms with Crippen LogP contribution in [-0.2, 0) is 6.54 Å². The smallest absolute Gasteiger partial charge is 0.252 e. The van der Waals surface area contributed by atoms with E-state index in [0.717, 1.165) is 9.13 Å². The zero-order valence-electron chi connectivity index (χ0n) is 9.37. The van der Waals surface area contributed by atoms with E-state index >= 15 is 0 Å². The predicted octanol–water partition coefficient (Wildman–Crippen LogP) is 3.59. The number of carbonyl (C=O) groups is 1. The Morgan fingerprint density at radius 3 is 2.76 bits per heavy atom. The van der Waals surface area contributed by atoms with Gasteiger partial charge in [0.2, 0.25) is 0 Å². The van der Waals surface area contributed by atoms with Crippen LogP contribution in [0.2, 0.25) is 0 Å². The molecule has 1 amide bonds. The number of carbonyl (C=O) groups excluding carboxylic acids is 1. The van der Waals surface area contributed by atoms with Gasteiger partial charge in [0.15, 0.2) is 0 Å². The van der Waals surface area contributed by atoms with Gasteiger partial charge >= 0.3 is 0 Å². The fraction of sp³-hybridized carbons (Fsp3) is 0.154. The molecule has 0 radical (unpaired) electrons. The summed E-state index contributed by atoms with van der Waals surface area (Å²) in [7, 11) is 0. The third kappa shape index (κ3) is 3.07. The number of nitrogens with one attached hydrogen (secondary N) is 1. The van der Waals surface area contributed by atoms with Crippen molar-refractivity contribution in [2.45, 2.75) is 13.5 Å².